The maximum absolute atomic E-state index is 11.3. The zero-order valence-electron chi connectivity index (χ0n) is 10.0. The van der Waals surface area contributed by atoms with Crippen LogP contribution in [0.1, 0.15) is 24.3 Å². The summed E-state index contributed by atoms with van der Waals surface area (Å²) in [7, 11) is 0. The van der Waals surface area contributed by atoms with Crippen molar-refractivity contribution in [1.29, 1.82) is 0 Å². The van der Waals surface area contributed by atoms with Gasteiger partial charge in [0.2, 0.25) is 0 Å². The molecule has 2 unspecified atom stereocenters. The zero-order chi connectivity index (χ0) is 14.4. The smallest absolute Gasteiger partial charge is 0.311 e. The molecule has 0 fully saturated rings. The van der Waals surface area contributed by atoms with Gasteiger partial charge in [-0.2, -0.15) is 0 Å². The van der Waals surface area contributed by atoms with E-state index in [4.69, 9.17) is 10.2 Å². The van der Waals surface area contributed by atoms with E-state index in [0.717, 1.165) is 0 Å². The van der Waals surface area contributed by atoms with Crippen LogP contribution in [-0.4, -0.2) is 33.2 Å². The first-order chi connectivity index (χ1) is 8.93. The van der Waals surface area contributed by atoms with Crippen LogP contribution >= 0.6 is 0 Å². The maximum atomic E-state index is 11.3. The fourth-order valence-corrected chi connectivity index (χ4v) is 1.92. The highest BCUT2D eigenvalue weighted by molar-refractivity contribution is 5.84. The van der Waals surface area contributed by atoms with E-state index in [-0.39, 0.29) is 12.8 Å². The van der Waals surface area contributed by atoms with Crippen LogP contribution in [0.15, 0.2) is 30.3 Å². The van der Waals surface area contributed by atoms with Gasteiger partial charge in [-0.25, -0.2) is 0 Å². The van der Waals surface area contributed by atoms with Crippen molar-refractivity contribution in [2.45, 2.75) is 18.8 Å². The van der Waals surface area contributed by atoms with Gasteiger partial charge in [-0.15, -0.1) is 0 Å². The third kappa shape index (κ3) is 4.09. The standard InChI is InChI=1S/C13H14O6/c14-10(15)7-6-9(12(16)17)11(13(18)19)8-4-2-1-3-5-8/h1-5,9,11H,6-7H2,(H,14,15)(H,16,17)(H,18,19). The molecule has 0 aliphatic heterocycles. The van der Waals surface area contributed by atoms with Crippen molar-refractivity contribution in [3.63, 3.8) is 0 Å². The van der Waals surface area contributed by atoms with E-state index < -0.39 is 29.7 Å². The lowest BCUT2D eigenvalue weighted by molar-refractivity contribution is -0.151. The summed E-state index contributed by atoms with van der Waals surface area (Å²) in [6.07, 6.45) is -0.607. The fraction of sp³-hybridized carbons (Fsp3) is 0.308. The van der Waals surface area contributed by atoms with Crippen molar-refractivity contribution in [2.24, 2.45) is 5.92 Å². The molecule has 0 aromatic heterocycles. The Bertz CT molecular complexity index is 467. The highest BCUT2D eigenvalue weighted by Crippen LogP contribution is 2.29. The van der Waals surface area contributed by atoms with Gasteiger partial charge in [0, 0.05) is 6.42 Å². The fourth-order valence-electron chi connectivity index (χ4n) is 1.92. The summed E-state index contributed by atoms with van der Waals surface area (Å²) in [6.45, 7) is 0. The molecule has 102 valence electrons. The predicted octanol–water partition coefficient (Wildman–Crippen LogP) is 1.42. The first-order valence-electron chi connectivity index (χ1n) is 5.66. The van der Waals surface area contributed by atoms with Crippen LogP contribution in [-0.2, 0) is 14.4 Å². The Morgan fingerprint density at radius 2 is 1.53 bits per heavy atom. The molecule has 0 aliphatic rings. The van der Waals surface area contributed by atoms with Gasteiger partial charge in [-0.3, -0.25) is 14.4 Å². The second-order valence-electron chi connectivity index (χ2n) is 4.10. The average molecular weight is 266 g/mol. The number of benzene rings is 1. The number of hydrogen-bond donors (Lipinski definition) is 3. The Morgan fingerprint density at radius 1 is 0.947 bits per heavy atom. The molecule has 6 nitrogen and oxygen atoms in total. The number of carbonyl (C=O) groups is 3. The molecule has 6 heteroatoms. The van der Waals surface area contributed by atoms with Crippen molar-refractivity contribution in [2.75, 3.05) is 0 Å². The van der Waals surface area contributed by atoms with Crippen LogP contribution in [0.3, 0.4) is 0 Å². The third-order valence-electron chi connectivity index (χ3n) is 2.81. The highest BCUT2D eigenvalue weighted by Gasteiger charge is 2.35. The molecule has 0 spiro atoms. The molecule has 3 N–H and O–H groups in total. The van der Waals surface area contributed by atoms with Crippen LogP contribution in [0.25, 0.3) is 0 Å². The van der Waals surface area contributed by atoms with E-state index in [1.165, 1.54) is 12.1 Å². The van der Waals surface area contributed by atoms with Gasteiger partial charge in [0.25, 0.3) is 0 Å². The monoisotopic (exact) mass is 266 g/mol. The maximum Gasteiger partial charge on any atom is 0.311 e. The highest BCUT2D eigenvalue weighted by atomic mass is 16.4. The minimum atomic E-state index is -1.31. The van der Waals surface area contributed by atoms with Crippen LogP contribution in [0.5, 0.6) is 0 Å². The first-order valence-corrected chi connectivity index (χ1v) is 5.66. The zero-order valence-corrected chi connectivity index (χ0v) is 10.0. The van der Waals surface area contributed by atoms with E-state index in [2.05, 4.69) is 0 Å². The summed E-state index contributed by atoms with van der Waals surface area (Å²) >= 11 is 0. The molecule has 0 aliphatic carbocycles. The van der Waals surface area contributed by atoms with Gasteiger partial charge in [0.15, 0.2) is 0 Å². The Kier molecular flexibility index (Phi) is 5.05. The number of carboxylic acid groups (broad SMARTS) is 3. The molecular weight excluding hydrogens is 252 g/mol. The number of aliphatic carboxylic acids is 3. The molecule has 0 bridgehead atoms. The van der Waals surface area contributed by atoms with Crippen LogP contribution < -0.4 is 0 Å². The number of rotatable bonds is 7. The Hall–Kier alpha value is -2.37. The lowest BCUT2D eigenvalue weighted by Crippen LogP contribution is -2.28. The van der Waals surface area contributed by atoms with Crippen LogP contribution in [0, 0.1) is 5.92 Å². The van der Waals surface area contributed by atoms with Gasteiger partial charge < -0.3 is 15.3 Å². The van der Waals surface area contributed by atoms with Crippen LogP contribution in [0.2, 0.25) is 0 Å². The van der Waals surface area contributed by atoms with Gasteiger partial charge >= 0.3 is 17.9 Å². The molecule has 1 aromatic carbocycles. The first kappa shape index (κ1) is 14.7. The van der Waals surface area contributed by atoms with E-state index in [1.807, 2.05) is 0 Å². The molecule has 0 amide bonds. The van der Waals surface area contributed by atoms with Gasteiger partial charge in [0.05, 0.1) is 11.8 Å². The lowest BCUT2D eigenvalue weighted by atomic mass is 9.83. The van der Waals surface area contributed by atoms with Crippen molar-refractivity contribution in [1.82, 2.24) is 0 Å². The summed E-state index contributed by atoms with van der Waals surface area (Å²) in [5, 5.41) is 26.9. The Labute approximate surface area is 109 Å². The summed E-state index contributed by atoms with van der Waals surface area (Å²) in [5.74, 6) is -6.25. The van der Waals surface area contributed by atoms with Gasteiger partial charge in [-0.1, -0.05) is 30.3 Å². The van der Waals surface area contributed by atoms with E-state index in [0.29, 0.717) is 5.56 Å². The molecule has 0 saturated heterocycles. The summed E-state index contributed by atoms with van der Waals surface area (Å²) < 4.78 is 0. The quantitative estimate of drug-likeness (QED) is 0.688. The SMILES string of the molecule is O=C(O)CCC(C(=O)O)C(C(=O)O)c1ccccc1. The molecule has 0 heterocycles. The van der Waals surface area contributed by atoms with E-state index in [9.17, 15) is 19.5 Å². The summed E-state index contributed by atoms with van der Waals surface area (Å²) in [6, 6.07) is 7.96. The van der Waals surface area contributed by atoms with Crippen LogP contribution in [0.4, 0.5) is 0 Å². The second kappa shape index (κ2) is 6.53. The normalized spacial score (nSPS) is 13.5. The molecule has 0 radical (unpaired) electrons. The molecule has 19 heavy (non-hydrogen) atoms. The minimum absolute atomic E-state index is 0.226. The van der Waals surface area contributed by atoms with Gasteiger partial charge in [-0.05, 0) is 12.0 Å². The molecule has 0 saturated carbocycles. The van der Waals surface area contributed by atoms with Crippen molar-refractivity contribution in [3.05, 3.63) is 35.9 Å². The third-order valence-corrected chi connectivity index (χ3v) is 2.81. The summed E-state index contributed by atoms with van der Waals surface area (Å²) in [4.78, 5) is 33.0. The Balaban J connectivity index is 3.03. The molecule has 1 aromatic rings. The van der Waals surface area contributed by atoms with Crippen molar-refractivity contribution in [3.8, 4) is 0 Å². The lowest BCUT2D eigenvalue weighted by Gasteiger charge is -2.20. The molecule has 1 rings (SSSR count). The number of hydrogen-bond acceptors (Lipinski definition) is 3. The summed E-state index contributed by atoms with van der Waals surface area (Å²) in [5.41, 5.74) is 0.354. The average Bonchev–Trinajstić information content (AvgIpc) is 2.34. The molecular formula is C13H14O6. The second-order valence-corrected chi connectivity index (χ2v) is 4.10. The van der Waals surface area contributed by atoms with E-state index in [1.54, 1.807) is 18.2 Å². The van der Waals surface area contributed by atoms with E-state index >= 15 is 0 Å². The van der Waals surface area contributed by atoms with Crippen molar-refractivity contribution >= 4 is 17.9 Å². The predicted molar refractivity (Wildman–Crippen MR) is 64.8 cm³/mol. The Morgan fingerprint density at radius 3 is 1.95 bits per heavy atom. The minimum Gasteiger partial charge on any atom is -0.481 e. The van der Waals surface area contributed by atoms with Gasteiger partial charge in [0.1, 0.15) is 0 Å². The largest absolute Gasteiger partial charge is 0.481 e. The van der Waals surface area contributed by atoms with Crippen molar-refractivity contribution < 1.29 is 29.7 Å². The number of carboxylic acids is 3. The topological polar surface area (TPSA) is 112 Å². The molecule has 2 atom stereocenters.